The van der Waals surface area contributed by atoms with Crippen LogP contribution in [0, 0.1) is 6.92 Å². The average molecular weight is 326 g/mol. The number of carbonyl (C=O) groups is 2. The topological polar surface area (TPSA) is 52.6 Å². The molecule has 0 bridgehead atoms. The van der Waals surface area contributed by atoms with Crippen LogP contribution in [0.3, 0.4) is 0 Å². The molecule has 0 amide bonds. The molecule has 2 rings (SSSR count). The molecule has 126 valence electrons. The lowest BCUT2D eigenvalue weighted by atomic mass is 10.1. The lowest BCUT2D eigenvalue weighted by Gasteiger charge is -2.07. The number of carbonyl (C=O) groups excluding carboxylic acids is 2. The molecule has 2 aromatic rings. The van der Waals surface area contributed by atoms with Gasteiger partial charge in [-0.05, 0) is 49.2 Å². The molecule has 0 aliphatic rings. The molecule has 4 nitrogen and oxygen atoms in total. The van der Waals surface area contributed by atoms with E-state index in [4.69, 9.17) is 9.47 Å². The zero-order valence-electron chi connectivity index (χ0n) is 14.1. The Morgan fingerprint density at radius 3 is 2.33 bits per heavy atom. The molecular weight excluding hydrogens is 304 g/mol. The maximum Gasteiger partial charge on any atom is 0.343 e. The molecular formula is C20H22O4. The van der Waals surface area contributed by atoms with E-state index in [0.717, 1.165) is 24.8 Å². The van der Waals surface area contributed by atoms with Crippen LogP contribution < -0.4 is 4.74 Å². The van der Waals surface area contributed by atoms with Gasteiger partial charge in [0.25, 0.3) is 0 Å². The molecule has 0 spiro atoms. The average Bonchev–Trinajstić information content (AvgIpc) is 2.58. The van der Waals surface area contributed by atoms with Crippen molar-refractivity contribution in [2.45, 2.75) is 33.1 Å². The highest BCUT2D eigenvalue weighted by Gasteiger charge is 2.13. The van der Waals surface area contributed by atoms with E-state index < -0.39 is 11.9 Å². The van der Waals surface area contributed by atoms with Gasteiger partial charge in [0.2, 0.25) is 0 Å². The quantitative estimate of drug-likeness (QED) is 0.425. The Bertz CT molecular complexity index is 706. The van der Waals surface area contributed by atoms with Crippen LogP contribution in [-0.4, -0.2) is 18.5 Å². The monoisotopic (exact) mass is 326 g/mol. The van der Waals surface area contributed by atoms with Crippen LogP contribution in [0.5, 0.6) is 5.75 Å². The zero-order chi connectivity index (χ0) is 17.4. The van der Waals surface area contributed by atoms with E-state index in [1.807, 2.05) is 19.1 Å². The van der Waals surface area contributed by atoms with E-state index >= 15 is 0 Å². The summed E-state index contributed by atoms with van der Waals surface area (Å²) in [6.45, 7) is 4.41. The molecule has 0 aliphatic carbocycles. The van der Waals surface area contributed by atoms with E-state index in [2.05, 4.69) is 6.92 Å². The smallest absolute Gasteiger partial charge is 0.343 e. The molecule has 0 unspecified atom stereocenters. The molecule has 4 heteroatoms. The summed E-state index contributed by atoms with van der Waals surface area (Å²) in [7, 11) is 0. The first-order chi connectivity index (χ1) is 11.6. The summed E-state index contributed by atoms with van der Waals surface area (Å²) in [6.07, 6.45) is 2.94. The number of unbranched alkanes of at least 4 members (excludes halogenated alkanes) is 2. The zero-order valence-corrected chi connectivity index (χ0v) is 14.1. The fraction of sp³-hybridized carbons (Fsp3) is 0.300. The summed E-state index contributed by atoms with van der Waals surface area (Å²) in [6, 6.07) is 13.6. The second kappa shape index (κ2) is 8.87. The van der Waals surface area contributed by atoms with Crippen molar-refractivity contribution in [1.82, 2.24) is 0 Å². The second-order valence-corrected chi connectivity index (χ2v) is 5.63. The van der Waals surface area contributed by atoms with Crippen LogP contribution >= 0.6 is 0 Å². The van der Waals surface area contributed by atoms with Gasteiger partial charge >= 0.3 is 11.9 Å². The summed E-state index contributed by atoms with van der Waals surface area (Å²) in [5.41, 5.74) is 1.68. The largest absolute Gasteiger partial charge is 0.462 e. The van der Waals surface area contributed by atoms with Gasteiger partial charge in [0.05, 0.1) is 17.7 Å². The van der Waals surface area contributed by atoms with Gasteiger partial charge in [0, 0.05) is 0 Å². The van der Waals surface area contributed by atoms with Crippen LogP contribution in [0.2, 0.25) is 0 Å². The molecule has 0 heterocycles. The Morgan fingerprint density at radius 1 is 0.917 bits per heavy atom. The highest BCUT2D eigenvalue weighted by Crippen LogP contribution is 2.15. The van der Waals surface area contributed by atoms with Crippen molar-refractivity contribution in [1.29, 1.82) is 0 Å². The number of rotatable bonds is 7. The minimum absolute atomic E-state index is 0.319. The van der Waals surface area contributed by atoms with Gasteiger partial charge in [-0.3, -0.25) is 0 Å². The number of esters is 2. The molecule has 0 saturated carbocycles. The number of aryl methyl sites for hydroxylation is 1. The van der Waals surface area contributed by atoms with Gasteiger partial charge < -0.3 is 9.47 Å². The standard InChI is InChI=1S/C20H22O4/c1-3-4-5-12-23-19(21)16-9-7-10-17(14-16)20(22)24-18-11-6-8-15(2)13-18/h6-11,13-14H,3-5,12H2,1-2H3. The van der Waals surface area contributed by atoms with Crippen molar-refractivity contribution in [3.8, 4) is 5.75 Å². The Balaban J connectivity index is 2.01. The summed E-state index contributed by atoms with van der Waals surface area (Å²) in [5, 5.41) is 0. The SMILES string of the molecule is CCCCCOC(=O)c1cccc(C(=O)Oc2cccc(C)c2)c1. The van der Waals surface area contributed by atoms with E-state index in [-0.39, 0.29) is 0 Å². The first-order valence-electron chi connectivity index (χ1n) is 8.16. The lowest BCUT2D eigenvalue weighted by molar-refractivity contribution is 0.0498. The molecule has 24 heavy (non-hydrogen) atoms. The molecule has 0 atom stereocenters. The fourth-order valence-electron chi connectivity index (χ4n) is 2.22. The van der Waals surface area contributed by atoms with Crippen LogP contribution in [0.25, 0.3) is 0 Å². The molecule has 0 aromatic heterocycles. The lowest BCUT2D eigenvalue weighted by Crippen LogP contribution is -2.11. The first kappa shape index (κ1) is 17.7. The molecule has 0 radical (unpaired) electrons. The predicted molar refractivity (Wildman–Crippen MR) is 92.4 cm³/mol. The van der Waals surface area contributed by atoms with Crippen molar-refractivity contribution in [3.05, 3.63) is 65.2 Å². The van der Waals surface area contributed by atoms with Crippen LogP contribution in [-0.2, 0) is 4.74 Å². The number of hydrogen-bond acceptors (Lipinski definition) is 4. The number of benzene rings is 2. The van der Waals surface area contributed by atoms with Crippen molar-refractivity contribution in [2.24, 2.45) is 0 Å². The molecule has 0 aliphatic heterocycles. The molecule has 0 fully saturated rings. The summed E-state index contributed by atoms with van der Waals surface area (Å²) in [5.74, 6) is -0.440. The van der Waals surface area contributed by atoms with E-state index in [9.17, 15) is 9.59 Å². The van der Waals surface area contributed by atoms with E-state index in [1.165, 1.54) is 6.07 Å². The van der Waals surface area contributed by atoms with E-state index in [0.29, 0.717) is 23.5 Å². The van der Waals surface area contributed by atoms with Crippen molar-refractivity contribution in [2.75, 3.05) is 6.61 Å². The second-order valence-electron chi connectivity index (χ2n) is 5.63. The highest BCUT2D eigenvalue weighted by molar-refractivity contribution is 5.96. The van der Waals surface area contributed by atoms with Crippen LogP contribution in [0.4, 0.5) is 0 Å². The Hall–Kier alpha value is -2.62. The van der Waals surface area contributed by atoms with Crippen LogP contribution in [0.1, 0.15) is 52.5 Å². The van der Waals surface area contributed by atoms with Crippen LogP contribution in [0.15, 0.2) is 48.5 Å². The minimum atomic E-state index is -0.499. The number of hydrogen-bond donors (Lipinski definition) is 0. The first-order valence-corrected chi connectivity index (χ1v) is 8.16. The van der Waals surface area contributed by atoms with Crippen molar-refractivity contribution < 1.29 is 19.1 Å². The molecule has 0 saturated heterocycles. The number of ether oxygens (including phenoxy) is 2. The Kier molecular flexibility index (Phi) is 6.55. The summed E-state index contributed by atoms with van der Waals surface area (Å²) < 4.78 is 10.5. The highest BCUT2D eigenvalue weighted by atomic mass is 16.5. The van der Waals surface area contributed by atoms with Gasteiger partial charge in [-0.2, -0.15) is 0 Å². The van der Waals surface area contributed by atoms with Gasteiger partial charge in [0.1, 0.15) is 5.75 Å². The molecule has 0 N–H and O–H groups in total. The third-order valence-electron chi connectivity index (χ3n) is 3.52. The molecule has 2 aromatic carbocycles. The van der Waals surface area contributed by atoms with Gasteiger partial charge in [-0.15, -0.1) is 0 Å². The minimum Gasteiger partial charge on any atom is -0.462 e. The third kappa shape index (κ3) is 5.23. The summed E-state index contributed by atoms with van der Waals surface area (Å²) >= 11 is 0. The normalized spacial score (nSPS) is 10.2. The third-order valence-corrected chi connectivity index (χ3v) is 3.52. The van der Waals surface area contributed by atoms with Gasteiger partial charge in [0.15, 0.2) is 0 Å². The van der Waals surface area contributed by atoms with Gasteiger partial charge in [-0.25, -0.2) is 9.59 Å². The maximum atomic E-state index is 12.2. The van der Waals surface area contributed by atoms with E-state index in [1.54, 1.807) is 30.3 Å². The summed E-state index contributed by atoms with van der Waals surface area (Å²) in [4.78, 5) is 24.2. The van der Waals surface area contributed by atoms with Gasteiger partial charge in [-0.1, -0.05) is 38.0 Å². The predicted octanol–water partition coefficient (Wildman–Crippen LogP) is 4.56. The Labute approximate surface area is 142 Å². The fourth-order valence-corrected chi connectivity index (χ4v) is 2.22. The Morgan fingerprint density at radius 2 is 1.62 bits per heavy atom. The van der Waals surface area contributed by atoms with Crippen molar-refractivity contribution in [3.63, 3.8) is 0 Å². The van der Waals surface area contributed by atoms with Crippen molar-refractivity contribution >= 4 is 11.9 Å². The maximum absolute atomic E-state index is 12.2.